The van der Waals surface area contributed by atoms with Gasteiger partial charge in [0.1, 0.15) is 0 Å². The molecule has 3 nitrogen and oxygen atoms in total. The molecule has 23 heavy (non-hydrogen) atoms. The second-order valence-corrected chi connectivity index (χ2v) is 8.80. The molecule has 1 aromatic carbocycles. The van der Waals surface area contributed by atoms with Crippen molar-refractivity contribution >= 4 is 32.9 Å². The summed E-state index contributed by atoms with van der Waals surface area (Å²) >= 11 is 0. The lowest BCUT2D eigenvalue weighted by atomic mass is 10.1. The Morgan fingerprint density at radius 1 is 1.00 bits per heavy atom. The first-order valence-electron chi connectivity index (χ1n) is 8.29. The fourth-order valence-corrected chi connectivity index (χ4v) is 5.60. The number of hydrogen-bond acceptors (Lipinski definition) is 3. The van der Waals surface area contributed by atoms with Crippen molar-refractivity contribution in [3.05, 3.63) is 40.9 Å². The van der Waals surface area contributed by atoms with Crippen LogP contribution in [0.5, 0.6) is 0 Å². The number of hydrogen-bond donors (Lipinski definition) is 0. The highest BCUT2D eigenvalue weighted by Gasteiger charge is 2.28. The zero-order valence-electron chi connectivity index (χ0n) is 14.0. The van der Waals surface area contributed by atoms with Crippen LogP contribution < -0.4 is 9.80 Å². The van der Waals surface area contributed by atoms with E-state index in [1.807, 2.05) is 0 Å². The Hall–Kier alpha value is -0.980. The molecule has 1 saturated heterocycles. The van der Waals surface area contributed by atoms with Crippen LogP contribution in [-0.2, 0) is 0 Å². The van der Waals surface area contributed by atoms with E-state index in [-0.39, 0.29) is 0 Å². The number of benzene rings is 1. The summed E-state index contributed by atoms with van der Waals surface area (Å²) in [5.41, 5.74) is 5.66. The molecule has 0 radical (unpaired) electrons. The first kappa shape index (κ1) is 15.5. The summed E-state index contributed by atoms with van der Waals surface area (Å²) in [6, 6.07) is 7.44. The summed E-state index contributed by atoms with van der Waals surface area (Å²) in [6.45, 7) is 9.18. The Kier molecular flexibility index (Phi) is 4.15. The zero-order chi connectivity index (χ0) is 16.0. The molecule has 3 heterocycles. The van der Waals surface area contributed by atoms with E-state index in [0.717, 1.165) is 26.2 Å². The smallest absolute Gasteiger partial charge is 0.0723 e. The molecule has 2 aliphatic rings. The highest BCUT2D eigenvalue weighted by molar-refractivity contribution is 7.51. The number of rotatable bonds is 3. The normalized spacial score (nSPS) is 20.2. The van der Waals surface area contributed by atoms with Gasteiger partial charge in [-0.2, -0.15) is 0 Å². The number of aryl methyl sites for hydroxylation is 1. The summed E-state index contributed by atoms with van der Waals surface area (Å²) in [7, 11) is 4.93. The van der Waals surface area contributed by atoms with Gasteiger partial charge in [0, 0.05) is 39.3 Å². The van der Waals surface area contributed by atoms with Crippen molar-refractivity contribution in [2.24, 2.45) is 0 Å². The van der Waals surface area contributed by atoms with E-state index in [1.165, 1.54) is 38.9 Å². The fourth-order valence-electron chi connectivity index (χ4n) is 3.36. The number of anilines is 3. The first-order chi connectivity index (χ1) is 11.1. The Morgan fingerprint density at radius 2 is 1.70 bits per heavy atom. The molecule has 2 aromatic rings. The van der Waals surface area contributed by atoms with Crippen LogP contribution in [0, 0.1) is 6.92 Å². The zero-order valence-corrected chi connectivity index (χ0v) is 15.8. The third-order valence-electron chi connectivity index (χ3n) is 5.07. The summed E-state index contributed by atoms with van der Waals surface area (Å²) in [5, 5.41) is 1.55. The minimum Gasteiger partial charge on any atom is -0.341 e. The molecule has 120 valence electrons. The standard InChI is InChI=1S/C18H23N3P2/c1-13-11-22-18(23-12-13)21-8-6-20(7-9-21)14(2)15-4-5-16-17(10-15)19(16)3/h4-5,10-12,14H,6-9H2,1-3H3. The summed E-state index contributed by atoms with van der Waals surface area (Å²) < 4.78 is 0. The first-order valence-corrected chi connectivity index (χ1v) is 10.2. The fraction of sp³-hybridized carbons (Fsp3) is 0.444. The molecule has 5 heteroatoms. The van der Waals surface area contributed by atoms with Crippen molar-refractivity contribution in [1.82, 2.24) is 4.90 Å². The molecule has 0 bridgehead atoms. The maximum absolute atomic E-state index is 2.63. The van der Waals surface area contributed by atoms with Gasteiger partial charge in [-0.1, -0.05) is 22.5 Å². The summed E-state index contributed by atoms with van der Waals surface area (Å²) in [4.78, 5) is 7.48. The second kappa shape index (κ2) is 6.15. The van der Waals surface area contributed by atoms with E-state index in [9.17, 15) is 0 Å². The van der Waals surface area contributed by atoms with Crippen LogP contribution in [0.4, 0.5) is 16.5 Å². The molecule has 1 atom stereocenters. The van der Waals surface area contributed by atoms with E-state index in [2.05, 4.69) is 65.4 Å². The van der Waals surface area contributed by atoms with Gasteiger partial charge >= 0.3 is 0 Å². The summed E-state index contributed by atoms with van der Waals surface area (Å²) in [5.74, 6) is 4.66. The molecule has 0 saturated carbocycles. The number of piperazine rings is 1. The Balaban J connectivity index is 1.40. The molecule has 4 rings (SSSR count). The van der Waals surface area contributed by atoms with E-state index < -0.39 is 0 Å². The number of nitrogens with zero attached hydrogens (tertiary/aromatic N) is 3. The van der Waals surface area contributed by atoms with Gasteiger partial charge in [0.2, 0.25) is 0 Å². The van der Waals surface area contributed by atoms with Crippen molar-refractivity contribution in [3.63, 3.8) is 0 Å². The van der Waals surface area contributed by atoms with Gasteiger partial charge < -0.3 is 4.90 Å². The molecule has 2 aliphatic heterocycles. The van der Waals surface area contributed by atoms with Gasteiger partial charge in [0.15, 0.2) is 0 Å². The molecular formula is C18H23N3P2. The predicted molar refractivity (Wildman–Crippen MR) is 103 cm³/mol. The van der Waals surface area contributed by atoms with Gasteiger partial charge in [-0.25, -0.2) is 0 Å². The number of fused-ring (bicyclic) bond motifs is 1. The van der Waals surface area contributed by atoms with Gasteiger partial charge in [-0.15, -0.1) is 0 Å². The molecule has 0 N–H and O–H groups in total. The minimum atomic E-state index is 0.511. The van der Waals surface area contributed by atoms with Crippen LogP contribution >= 0.6 is 16.4 Å². The van der Waals surface area contributed by atoms with Crippen LogP contribution in [0.25, 0.3) is 0 Å². The molecule has 0 aliphatic carbocycles. The minimum absolute atomic E-state index is 0.511. The molecule has 1 fully saturated rings. The van der Waals surface area contributed by atoms with Gasteiger partial charge in [0.25, 0.3) is 0 Å². The second-order valence-electron chi connectivity index (χ2n) is 6.57. The van der Waals surface area contributed by atoms with Crippen molar-refractivity contribution in [3.8, 4) is 0 Å². The lowest BCUT2D eigenvalue weighted by Gasteiger charge is -2.37. The van der Waals surface area contributed by atoms with Gasteiger partial charge in [-0.05, 0) is 48.7 Å². The van der Waals surface area contributed by atoms with Crippen molar-refractivity contribution in [2.45, 2.75) is 19.9 Å². The van der Waals surface area contributed by atoms with Crippen LogP contribution in [-0.4, -0.2) is 38.1 Å². The summed E-state index contributed by atoms with van der Waals surface area (Å²) in [6.07, 6.45) is 0. The Morgan fingerprint density at radius 3 is 2.35 bits per heavy atom. The molecule has 0 spiro atoms. The maximum Gasteiger partial charge on any atom is 0.0723 e. The largest absolute Gasteiger partial charge is 0.341 e. The molecule has 0 amide bonds. The monoisotopic (exact) mass is 343 g/mol. The average Bonchev–Trinajstić information content (AvgIpc) is 3.25. The molecular weight excluding hydrogens is 320 g/mol. The average molecular weight is 343 g/mol. The van der Waals surface area contributed by atoms with Crippen molar-refractivity contribution < 1.29 is 0 Å². The van der Waals surface area contributed by atoms with Gasteiger partial charge in [-0.3, -0.25) is 9.80 Å². The highest BCUT2D eigenvalue weighted by Crippen LogP contribution is 2.47. The van der Waals surface area contributed by atoms with Crippen LogP contribution in [0.1, 0.15) is 24.1 Å². The van der Waals surface area contributed by atoms with Crippen molar-refractivity contribution in [1.29, 1.82) is 0 Å². The molecule has 1 unspecified atom stereocenters. The Bertz CT molecular complexity index is 709. The lowest BCUT2D eigenvalue weighted by molar-refractivity contribution is 0.199. The predicted octanol–water partition coefficient (Wildman–Crippen LogP) is 5.12. The van der Waals surface area contributed by atoms with E-state index in [0.29, 0.717) is 6.04 Å². The van der Waals surface area contributed by atoms with Gasteiger partial charge in [0.05, 0.1) is 16.5 Å². The Labute approximate surface area is 142 Å². The quantitative estimate of drug-likeness (QED) is 0.716. The molecule has 1 aromatic heterocycles. The third-order valence-corrected chi connectivity index (χ3v) is 7.86. The topological polar surface area (TPSA) is 9.49 Å². The van der Waals surface area contributed by atoms with Crippen LogP contribution in [0.15, 0.2) is 29.8 Å². The van der Waals surface area contributed by atoms with Crippen LogP contribution in [0.3, 0.4) is 0 Å². The third kappa shape index (κ3) is 3.04. The van der Waals surface area contributed by atoms with E-state index >= 15 is 0 Å². The van der Waals surface area contributed by atoms with E-state index in [1.54, 1.807) is 5.15 Å². The van der Waals surface area contributed by atoms with Crippen LogP contribution in [0.2, 0.25) is 0 Å². The maximum atomic E-state index is 2.63. The van der Waals surface area contributed by atoms with E-state index in [4.69, 9.17) is 0 Å². The SMILES string of the molecule is Cc1cpc(N2CCN(C(C)c3ccc4c(c3)N4C)CC2)pc1. The van der Waals surface area contributed by atoms with Crippen molar-refractivity contribution in [2.75, 3.05) is 43.0 Å². The highest BCUT2D eigenvalue weighted by atomic mass is 31.1. The lowest BCUT2D eigenvalue weighted by Crippen LogP contribution is -2.46.